The molecule has 3 N–H and O–H groups in total. The van der Waals surface area contributed by atoms with Gasteiger partial charge in [0.15, 0.2) is 0 Å². The Morgan fingerprint density at radius 2 is 2.14 bits per heavy atom. The summed E-state index contributed by atoms with van der Waals surface area (Å²) in [4.78, 5) is 9.07. The minimum absolute atomic E-state index is 0.476. The van der Waals surface area contributed by atoms with E-state index in [1.165, 1.54) is 0 Å². The molecule has 0 bridgehead atoms. The number of methoxy groups -OCH3 is 1. The maximum atomic E-state index is 5.91. The van der Waals surface area contributed by atoms with E-state index in [1.54, 1.807) is 25.4 Å². The normalized spacial score (nSPS) is 12.6. The molecule has 0 amide bonds. The molecule has 4 aromatic rings. The number of aromatic nitrogens is 3. The largest absolute Gasteiger partial charge is 0.495 e. The first-order valence-corrected chi connectivity index (χ1v) is 9.01. The first-order chi connectivity index (χ1) is 13.7. The Balaban J connectivity index is 1.57. The third-order valence-electron chi connectivity index (χ3n) is 4.85. The van der Waals surface area contributed by atoms with Crippen LogP contribution in [0.25, 0.3) is 22.2 Å². The molecule has 0 atom stereocenters. The van der Waals surface area contributed by atoms with Gasteiger partial charge >= 0.3 is 0 Å². The van der Waals surface area contributed by atoms with Gasteiger partial charge in [-0.1, -0.05) is 12.1 Å². The molecule has 7 heteroatoms. The van der Waals surface area contributed by atoms with Gasteiger partial charge < -0.3 is 25.1 Å². The van der Waals surface area contributed by atoms with Crippen molar-refractivity contribution in [3.8, 4) is 22.8 Å². The van der Waals surface area contributed by atoms with Gasteiger partial charge in [-0.25, -0.2) is 9.97 Å². The molecule has 0 saturated heterocycles. The molecule has 0 saturated carbocycles. The molecule has 0 fully saturated rings. The van der Waals surface area contributed by atoms with Crippen LogP contribution >= 0.6 is 0 Å². The van der Waals surface area contributed by atoms with E-state index >= 15 is 0 Å². The van der Waals surface area contributed by atoms with E-state index in [-0.39, 0.29) is 0 Å². The number of anilines is 3. The van der Waals surface area contributed by atoms with Crippen LogP contribution in [-0.4, -0.2) is 28.3 Å². The summed E-state index contributed by atoms with van der Waals surface area (Å²) in [5, 5.41) is 4.32. The predicted octanol–water partition coefficient (Wildman–Crippen LogP) is 3.83. The number of hydrogen-bond acceptors (Lipinski definition) is 6. The van der Waals surface area contributed by atoms with E-state index in [1.807, 2.05) is 24.3 Å². The summed E-state index contributed by atoms with van der Waals surface area (Å²) in [5.41, 5.74) is 10.2. The third kappa shape index (κ3) is 2.68. The van der Waals surface area contributed by atoms with Crippen molar-refractivity contribution in [1.29, 1.82) is 0 Å². The highest BCUT2D eigenvalue weighted by molar-refractivity contribution is 5.98. The van der Waals surface area contributed by atoms with Crippen molar-refractivity contribution < 1.29 is 9.47 Å². The molecule has 28 heavy (non-hydrogen) atoms. The summed E-state index contributed by atoms with van der Waals surface area (Å²) in [5.74, 6) is 2.06. The molecule has 0 unspecified atom stereocenters. The van der Waals surface area contributed by atoms with Crippen LogP contribution in [0.4, 0.5) is 17.3 Å². The number of nitrogens with zero attached hydrogens (tertiary/aromatic N) is 3. The fourth-order valence-corrected chi connectivity index (χ4v) is 3.59. The standard InChI is InChI=1S/C21H19N5O2/c1-27-18-6-5-13(22)11-17(18)25-21-23-8-7-16(24-21)15-12-26-9-10-28-19-4-2-3-14(15)20(19)26/h2-8,11-12H,9-10,22H2,1H3,(H,23,24,25). The predicted molar refractivity (Wildman–Crippen MR) is 109 cm³/mol. The van der Waals surface area contributed by atoms with Crippen LogP contribution < -0.4 is 20.5 Å². The zero-order chi connectivity index (χ0) is 19.1. The first-order valence-electron chi connectivity index (χ1n) is 9.01. The average Bonchev–Trinajstić information content (AvgIpc) is 3.10. The molecule has 2 aromatic carbocycles. The van der Waals surface area contributed by atoms with Gasteiger partial charge in [-0.05, 0) is 30.3 Å². The van der Waals surface area contributed by atoms with Gasteiger partial charge in [0.25, 0.3) is 0 Å². The first kappa shape index (κ1) is 16.4. The summed E-state index contributed by atoms with van der Waals surface area (Å²) in [6.07, 6.45) is 3.87. The molecule has 0 radical (unpaired) electrons. The van der Waals surface area contributed by atoms with E-state index in [0.29, 0.717) is 24.0 Å². The van der Waals surface area contributed by atoms with Crippen molar-refractivity contribution in [3.05, 3.63) is 54.9 Å². The lowest BCUT2D eigenvalue weighted by atomic mass is 10.1. The molecule has 7 nitrogen and oxygen atoms in total. The number of benzene rings is 2. The molecule has 3 heterocycles. The topological polar surface area (TPSA) is 87.2 Å². The molecule has 140 valence electrons. The van der Waals surface area contributed by atoms with Gasteiger partial charge in [0.2, 0.25) is 5.95 Å². The number of para-hydroxylation sites is 1. The van der Waals surface area contributed by atoms with Crippen molar-refractivity contribution >= 4 is 28.2 Å². The van der Waals surface area contributed by atoms with Crippen LogP contribution in [-0.2, 0) is 6.54 Å². The summed E-state index contributed by atoms with van der Waals surface area (Å²) in [6, 6.07) is 13.4. The number of hydrogen-bond donors (Lipinski definition) is 2. The van der Waals surface area contributed by atoms with E-state index in [2.05, 4.69) is 27.1 Å². The highest BCUT2D eigenvalue weighted by atomic mass is 16.5. The Bertz CT molecular complexity index is 1180. The zero-order valence-corrected chi connectivity index (χ0v) is 15.3. The summed E-state index contributed by atoms with van der Waals surface area (Å²) < 4.78 is 13.4. The van der Waals surface area contributed by atoms with Crippen molar-refractivity contribution in [1.82, 2.24) is 14.5 Å². The lowest BCUT2D eigenvalue weighted by molar-refractivity contribution is 0.287. The molecular formula is C21H19N5O2. The average molecular weight is 373 g/mol. The van der Waals surface area contributed by atoms with Gasteiger partial charge in [-0.3, -0.25) is 0 Å². The number of ether oxygens (including phenoxy) is 2. The molecule has 1 aliphatic heterocycles. The Kier molecular flexibility index (Phi) is 3.79. The zero-order valence-electron chi connectivity index (χ0n) is 15.3. The van der Waals surface area contributed by atoms with Crippen molar-refractivity contribution in [2.45, 2.75) is 6.54 Å². The Morgan fingerprint density at radius 1 is 1.21 bits per heavy atom. The molecule has 2 aromatic heterocycles. The van der Waals surface area contributed by atoms with Gasteiger partial charge in [0, 0.05) is 29.0 Å². The van der Waals surface area contributed by atoms with Crippen molar-refractivity contribution in [2.24, 2.45) is 0 Å². The maximum Gasteiger partial charge on any atom is 0.227 e. The summed E-state index contributed by atoms with van der Waals surface area (Å²) >= 11 is 0. The van der Waals surface area contributed by atoms with E-state index in [0.717, 1.165) is 40.1 Å². The van der Waals surface area contributed by atoms with Crippen molar-refractivity contribution in [3.63, 3.8) is 0 Å². The molecule has 0 aliphatic carbocycles. The summed E-state index contributed by atoms with van der Waals surface area (Å²) in [7, 11) is 1.62. The minimum atomic E-state index is 0.476. The maximum absolute atomic E-state index is 5.91. The van der Waals surface area contributed by atoms with Gasteiger partial charge in [-0.2, -0.15) is 0 Å². The second-order valence-corrected chi connectivity index (χ2v) is 6.59. The van der Waals surface area contributed by atoms with Gasteiger partial charge in [0.05, 0.1) is 30.6 Å². The number of rotatable bonds is 4. The number of nitrogens with two attached hydrogens (primary N) is 1. The SMILES string of the molecule is COc1ccc(N)cc1Nc1nccc(-c2cn3c4c(cccc24)OCC3)n1. The lowest BCUT2D eigenvalue weighted by Gasteiger charge is -2.16. The van der Waals surface area contributed by atoms with Gasteiger partial charge in [-0.15, -0.1) is 0 Å². The minimum Gasteiger partial charge on any atom is -0.495 e. The molecule has 1 aliphatic rings. The number of nitrogens with one attached hydrogen (secondary N) is 1. The second kappa shape index (κ2) is 6.45. The van der Waals surface area contributed by atoms with Crippen LogP contribution in [0.2, 0.25) is 0 Å². The van der Waals surface area contributed by atoms with E-state index in [4.69, 9.17) is 20.2 Å². The van der Waals surface area contributed by atoms with Crippen LogP contribution in [0.1, 0.15) is 0 Å². The quantitative estimate of drug-likeness (QED) is 0.529. The third-order valence-corrected chi connectivity index (χ3v) is 4.85. The van der Waals surface area contributed by atoms with E-state index in [9.17, 15) is 0 Å². The second-order valence-electron chi connectivity index (χ2n) is 6.59. The van der Waals surface area contributed by atoms with Crippen LogP contribution in [0.15, 0.2) is 54.9 Å². The highest BCUT2D eigenvalue weighted by Gasteiger charge is 2.18. The van der Waals surface area contributed by atoms with Crippen LogP contribution in [0.5, 0.6) is 11.5 Å². The van der Waals surface area contributed by atoms with Crippen molar-refractivity contribution in [2.75, 3.05) is 24.8 Å². The van der Waals surface area contributed by atoms with Gasteiger partial charge in [0.1, 0.15) is 18.1 Å². The lowest BCUT2D eigenvalue weighted by Crippen LogP contribution is -2.12. The van der Waals surface area contributed by atoms with Crippen LogP contribution in [0.3, 0.4) is 0 Å². The Hall–Kier alpha value is -3.74. The van der Waals surface area contributed by atoms with E-state index < -0.39 is 0 Å². The Morgan fingerprint density at radius 3 is 3.04 bits per heavy atom. The summed E-state index contributed by atoms with van der Waals surface area (Å²) in [6.45, 7) is 1.50. The number of nitrogen functional groups attached to an aromatic ring is 1. The smallest absolute Gasteiger partial charge is 0.227 e. The monoisotopic (exact) mass is 373 g/mol. The molecular weight excluding hydrogens is 354 g/mol. The highest BCUT2D eigenvalue weighted by Crippen LogP contribution is 2.37. The molecule has 0 spiro atoms. The fraction of sp³-hybridized carbons (Fsp3) is 0.143. The molecule has 5 rings (SSSR count). The van der Waals surface area contributed by atoms with Crippen LogP contribution in [0, 0.1) is 0 Å². The Labute approximate surface area is 161 Å². The fourth-order valence-electron chi connectivity index (χ4n) is 3.59.